The van der Waals surface area contributed by atoms with Gasteiger partial charge >= 0.3 is 0 Å². The second-order valence-electron chi connectivity index (χ2n) is 7.97. The Morgan fingerprint density at radius 2 is 1.15 bits per heavy atom. The van der Waals surface area contributed by atoms with Gasteiger partial charge < -0.3 is 4.90 Å². The summed E-state index contributed by atoms with van der Waals surface area (Å²) in [7, 11) is 0. The minimum atomic E-state index is 0.148. The zero-order chi connectivity index (χ0) is 18.9. The number of para-hydroxylation sites is 1. The second kappa shape index (κ2) is 6.92. The molecule has 1 heteroatoms. The van der Waals surface area contributed by atoms with Crippen LogP contribution >= 0.6 is 0 Å². The number of fused-ring (bicyclic) bond motifs is 1. The molecule has 4 aromatic carbocycles. The fourth-order valence-electron chi connectivity index (χ4n) is 3.52. The van der Waals surface area contributed by atoms with Crippen molar-refractivity contribution in [2.24, 2.45) is 0 Å². The summed E-state index contributed by atoms with van der Waals surface area (Å²) in [6, 6.07) is 34.6. The largest absolute Gasteiger partial charge is 0.310 e. The molecule has 0 bridgehead atoms. The van der Waals surface area contributed by atoms with Crippen LogP contribution in [0.4, 0.5) is 17.1 Å². The van der Waals surface area contributed by atoms with E-state index in [0.29, 0.717) is 0 Å². The Labute approximate surface area is 161 Å². The van der Waals surface area contributed by atoms with Crippen LogP contribution < -0.4 is 4.90 Å². The monoisotopic (exact) mass is 351 g/mol. The van der Waals surface area contributed by atoms with E-state index in [-0.39, 0.29) is 5.41 Å². The van der Waals surface area contributed by atoms with Crippen molar-refractivity contribution in [3.8, 4) is 0 Å². The van der Waals surface area contributed by atoms with Crippen molar-refractivity contribution in [2.45, 2.75) is 26.2 Å². The van der Waals surface area contributed by atoms with Gasteiger partial charge in [0.05, 0.1) is 5.69 Å². The Balaban J connectivity index is 1.91. The maximum absolute atomic E-state index is 2.34. The van der Waals surface area contributed by atoms with E-state index in [4.69, 9.17) is 0 Å². The SMILES string of the molecule is CC(C)(C)c1ccc(N(c2ccccc2)c2cccc3ccccc23)cc1. The van der Waals surface area contributed by atoms with Gasteiger partial charge in [0.25, 0.3) is 0 Å². The van der Waals surface area contributed by atoms with Crippen molar-refractivity contribution in [2.75, 3.05) is 4.90 Å². The number of nitrogens with zero attached hydrogens (tertiary/aromatic N) is 1. The first-order chi connectivity index (χ1) is 13.0. The third kappa shape index (κ3) is 3.46. The molecule has 0 atom stereocenters. The normalized spacial score (nSPS) is 11.5. The molecule has 0 saturated carbocycles. The minimum absolute atomic E-state index is 0.148. The number of rotatable bonds is 3. The Morgan fingerprint density at radius 1 is 0.556 bits per heavy atom. The molecule has 0 fully saturated rings. The maximum Gasteiger partial charge on any atom is 0.0540 e. The highest BCUT2D eigenvalue weighted by Crippen LogP contribution is 2.39. The van der Waals surface area contributed by atoms with Gasteiger partial charge in [0, 0.05) is 16.8 Å². The van der Waals surface area contributed by atoms with Crippen molar-refractivity contribution in [3.05, 3.63) is 103 Å². The summed E-state index contributed by atoms with van der Waals surface area (Å²) in [5, 5.41) is 2.51. The Hall–Kier alpha value is -3.06. The van der Waals surface area contributed by atoms with Crippen molar-refractivity contribution >= 4 is 27.8 Å². The van der Waals surface area contributed by atoms with Crippen LogP contribution in [0.1, 0.15) is 26.3 Å². The molecule has 0 amide bonds. The molecule has 0 aromatic heterocycles. The van der Waals surface area contributed by atoms with Crippen LogP contribution in [0.5, 0.6) is 0 Å². The van der Waals surface area contributed by atoms with Gasteiger partial charge in [-0.3, -0.25) is 0 Å². The number of benzene rings is 4. The molecule has 0 aliphatic heterocycles. The highest BCUT2D eigenvalue weighted by molar-refractivity contribution is 5.98. The number of hydrogen-bond donors (Lipinski definition) is 0. The van der Waals surface area contributed by atoms with Crippen molar-refractivity contribution in [3.63, 3.8) is 0 Å². The standard InChI is InChI=1S/C26H25N/c1-26(2,3)21-16-18-23(19-17-21)27(22-12-5-4-6-13-22)25-15-9-11-20-10-7-8-14-24(20)25/h4-19H,1-3H3. The second-order valence-corrected chi connectivity index (χ2v) is 7.97. The highest BCUT2D eigenvalue weighted by atomic mass is 15.1. The summed E-state index contributed by atoms with van der Waals surface area (Å²) >= 11 is 0. The van der Waals surface area contributed by atoms with E-state index in [0.717, 1.165) is 5.69 Å². The first-order valence-electron chi connectivity index (χ1n) is 9.47. The molecule has 134 valence electrons. The first-order valence-corrected chi connectivity index (χ1v) is 9.47. The summed E-state index contributed by atoms with van der Waals surface area (Å²) in [4.78, 5) is 2.34. The van der Waals surface area contributed by atoms with Gasteiger partial charge in [0.2, 0.25) is 0 Å². The molecule has 4 aromatic rings. The predicted octanol–water partition coefficient (Wildman–Crippen LogP) is 7.61. The molecule has 0 saturated heterocycles. The average Bonchev–Trinajstić information content (AvgIpc) is 2.69. The van der Waals surface area contributed by atoms with E-state index in [1.165, 1.54) is 27.7 Å². The lowest BCUT2D eigenvalue weighted by molar-refractivity contribution is 0.590. The Bertz CT molecular complexity index is 1040. The Kier molecular flexibility index (Phi) is 4.45. The van der Waals surface area contributed by atoms with Gasteiger partial charge in [-0.25, -0.2) is 0 Å². The molecule has 0 heterocycles. The highest BCUT2D eigenvalue weighted by Gasteiger charge is 2.17. The molecule has 1 nitrogen and oxygen atoms in total. The van der Waals surface area contributed by atoms with E-state index in [2.05, 4.69) is 123 Å². The van der Waals surface area contributed by atoms with Crippen LogP contribution in [-0.4, -0.2) is 0 Å². The average molecular weight is 351 g/mol. The number of anilines is 3. The summed E-state index contributed by atoms with van der Waals surface area (Å²) < 4.78 is 0. The third-order valence-corrected chi connectivity index (χ3v) is 5.01. The molecule has 0 aliphatic rings. The molecule has 0 N–H and O–H groups in total. The maximum atomic E-state index is 2.34. The van der Waals surface area contributed by atoms with Crippen LogP contribution in [-0.2, 0) is 5.41 Å². The zero-order valence-corrected chi connectivity index (χ0v) is 16.2. The minimum Gasteiger partial charge on any atom is -0.310 e. The summed E-state index contributed by atoms with van der Waals surface area (Å²) in [5.74, 6) is 0. The third-order valence-electron chi connectivity index (χ3n) is 5.01. The van der Waals surface area contributed by atoms with E-state index in [1.807, 2.05) is 0 Å². The van der Waals surface area contributed by atoms with Gasteiger partial charge in [0.15, 0.2) is 0 Å². The van der Waals surface area contributed by atoms with Crippen LogP contribution in [0, 0.1) is 0 Å². The molecule has 0 radical (unpaired) electrons. The van der Waals surface area contributed by atoms with Gasteiger partial charge in [0.1, 0.15) is 0 Å². The topological polar surface area (TPSA) is 3.24 Å². The van der Waals surface area contributed by atoms with Crippen molar-refractivity contribution in [1.82, 2.24) is 0 Å². The quantitative estimate of drug-likeness (QED) is 0.367. The van der Waals surface area contributed by atoms with E-state index in [9.17, 15) is 0 Å². The molecule has 0 aliphatic carbocycles. The Morgan fingerprint density at radius 3 is 1.85 bits per heavy atom. The van der Waals surface area contributed by atoms with E-state index < -0.39 is 0 Å². The lowest BCUT2D eigenvalue weighted by Gasteiger charge is -2.28. The van der Waals surface area contributed by atoms with Crippen LogP contribution in [0.25, 0.3) is 10.8 Å². The molecule has 27 heavy (non-hydrogen) atoms. The van der Waals surface area contributed by atoms with Crippen LogP contribution in [0.3, 0.4) is 0 Å². The number of hydrogen-bond acceptors (Lipinski definition) is 1. The first kappa shape index (κ1) is 17.4. The van der Waals surface area contributed by atoms with Crippen LogP contribution in [0.2, 0.25) is 0 Å². The van der Waals surface area contributed by atoms with Crippen LogP contribution in [0.15, 0.2) is 97.1 Å². The molecule has 0 unspecified atom stereocenters. The van der Waals surface area contributed by atoms with Crippen molar-refractivity contribution in [1.29, 1.82) is 0 Å². The fraction of sp³-hybridized carbons (Fsp3) is 0.154. The van der Waals surface area contributed by atoms with Gasteiger partial charge in [-0.15, -0.1) is 0 Å². The van der Waals surface area contributed by atoms with Gasteiger partial charge in [-0.05, 0) is 46.7 Å². The lowest BCUT2D eigenvalue weighted by atomic mass is 9.87. The van der Waals surface area contributed by atoms with Crippen molar-refractivity contribution < 1.29 is 0 Å². The summed E-state index contributed by atoms with van der Waals surface area (Å²) in [6.45, 7) is 6.75. The van der Waals surface area contributed by atoms with Gasteiger partial charge in [-0.2, -0.15) is 0 Å². The molecular formula is C26H25N. The predicted molar refractivity (Wildman–Crippen MR) is 117 cm³/mol. The molecule has 0 spiro atoms. The van der Waals surface area contributed by atoms with E-state index in [1.54, 1.807) is 0 Å². The zero-order valence-electron chi connectivity index (χ0n) is 16.2. The van der Waals surface area contributed by atoms with Gasteiger partial charge in [-0.1, -0.05) is 87.5 Å². The summed E-state index contributed by atoms with van der Waals surface area (Å²) in [5.41, 5.74) is 5.03. The summed E-state index contributed by atoms with van der Waals surface area (Å²) in [6.07, 6.45) is 0. The fourth-order valence-corrected chi connectivity index (χ4v) is 3.52. The smallest absolute Gasteiger partial charge is 0.0540 e. The van der Waals surface area contributed by atoms with E-state index >= 15 is 0 Å². The lowest BCUT2D eigenvalue weighted by Crippen LogP contribution is -2.13. The molecular weight excluding hydrogens is 326 g/mol. The molecule has 4 rings (SSSR count).